The zero-order valence-electron chi connectivity index (χ0n) is 17.8. The Hall–Kier alpha value is -3.28. The molecule has 2 aromatic carbocycles. The lowest BCUT2D eigenvalue weighted by Gasteiger charge is -2.34. The molecule has 0 amide bonds. The van der Waals surface area contributed by atoms with E-state index in [1.54, 1.807) is 14.2 Å². The normalized spacial score (nSPS) is 16.1. The zero-order chi connectivity index (χ0) is 21.8. The van der Waals surface area contributed by atoms with Crippen molar-refractivity contribution in [3.8, 4) is 17.7 Å². The lowest BCUT2D eigenvalue weighted by Crippen LogP contribution is -2.37. The van der Waals surface area contributed by atoms with Gasteiger partial charge in [0.1, 0.15) is 0 Å². The molecule has 0 aliphatic carbocycles. The van der Waals surface area contributed by atoms with Crippen molar-refractivity contribution < 1.29 is 14.6 Å². The molecule has 0 saturated carbocycles. The number of hydrogen-bond acceptors (Lipinski definition) is 7. The number of para-hydroxylation sites is 2. The number of ether oxygens (including phenoxy) is 2. The molecule has 2 N–H and O–H groups in total. The number of aromatic nitrogens is 2. The van der Waals surface area contributed by atoms with E-state index in [1.165, 1.54) is 0 Å². The third-order valence-electron chi connectivity index (χ3n) is 5.91. The molecular weight excluding hydrogens is 394 g/mol. The van der Waals surface area contributed by atoms with Gasteiger partial charge in [-0.05, 0) is 42.7 Å². The maximum Gasteiger partial charge on any atom is 0.217 e. The summed E-state index contributed by atoms with van der Waals surface area (Å²) in [6, 6.07) is 13.7. The van der Waals surface area contributed by atoms with Crippen molar-refractivity contribution in [2.45, 2.75) is 25.0 Å². The zero-order valence-corrected chi connectivity index (χ0v) is 17.8. The van der Waals surface area contributed by atoms with Gasteiger partial charge in [0.15, 0.2) is 17.7 Å². The molecule has 1 aromatic heterocycles. The van der Waals surface area contributed by atoms with Gasteiger partial charge in [0.25, 0.3) is 0 Å². The summed E-state index contributed by atoms with van der Waals surface area (Å²) in [6.07, 6.45) is 3.22. The Kier molecular flexibility index (Phi) is 6.26. The Morgan fingerprint density at radius 3 is 2.61 bits per heavy atom. The van der Waals surface area contributed by atoms with Crippen molar-refractivity contribution in [2.24, 2.45) is 0 Å². The van der Waals surface area contributed by atoms with E-state index in [4.69, 9.17) is 14.7 Å². The first-order valence-electron chi connectivity index (χ1n) is 10.4. The van der Waals surface area contributed by atoms with Crippen molar-refractivity contribution in [3.05, 3.63) is 48.0 Å². The lowest BCUT2D eigenvalue weighted by molar-refractivity contribution is 0.0911. The molecule has 4 rings (SSSR count). The Morgan fingerprint density at radius 2 is 1.90 bits per heavy atom. The summed E-state index contributed by atoms with van der Waals surface area (Å²) in [6.45, 7) is 2.26. The molecule has 162 valence electrons. The van der Waals surface area contributed by atoms with Crippen molar-refractivity contribution in [1.29, 1.82) is 5.26 Å². The molecule has 1 aliphatic rings. The number of imidazole rings is 1. The number of nitrogens with zero attached hydrogens (tertiary/aromatic N) is 4. The van der Waals surface area contributed by atoms with E-state index < -0.39 is 6.10 Å². The summed E-state index contributed by atoms with van der Waals surface area (Å²) in [5, 5.41) is 22.6. The topological polar surface area (TPSA) is 95.6 Å². The molecule has 1 fully saturated rings. The van der Waals surface area contributed by atoms with Crippen LogP contribution in [-0.4, -0.2) is 53.4 Å². The van der Waals surface area contributed by atoms with Crippen LogP contribution < -0.4 is 14.8 Å². The molecule has 1 saturated heterocycles. The molecule has 0 bridgehead atoms. The number of fused-ring (bicyclic) bond motifs is 1. The van der Waals surface area contributed by atoms with Crippen LogP contribution in [0.3, 0.4) is 0 Å². The van der Waals surface area contributed by atoms with Gasteiger partial charge in [0, 0.05) is 25.7 Å². The maximum absolute atomic E-state index is 10.8. The first-order valence-corrected chi connectivity index (χ1v) is 10.4. The van der Waals surface area contributed by atoms with Gasteiger partial charge in [-0.15, -0.1) is 0 Å². The summed E-state index contributed by atoms with van der Waals surface area (Å²) in [5.74, 6) is 1.85. The average molecular weight is 422 g/mol. The third kappa shape index (κ3) is 4.29. The minimum Gasteiger partial charge on any atom is -0.493 e. The number of piperidine rings is 1. The Morgan fingerprint density at radius 1 is 1.16 bits per heavy atom. The van der Waals surface area contributed by atoms with Crippen LogP contribution in [0.4, 0.5) is 5.95 Å². The second-order valence-electron chi connectivity index (χ2n) is 7.69. The maximum atomic E-state index is 10.8. The second kappa shape index (κ2) is 9.25. The van der Waals surface area contributed by atoms with E-state index in [-0.39, 0.29) is 6.04 Å². The minimum atomic E-state index is -0.610. The SMILES string of the molecule is COc1ccc(C(O)CN2CCC(n3c(NC#N)nc4ccccc43)CC2)cc1OC. The van der Waals surface area contributed by atoms with Crippen LogP contribution in [0.2, 0.25) is 0 Å². The van der Waals surface area contributed by atoms with Crippen LogP contribution in [0.5, 0.6) is 11.5 Å². The fourth-order valence-electron chi connectivity index (χ4n) is 4.32. The van der Waals surface area contributed by atoms with Crippen LogP contribution >= 0.6 is 0 Å². The molecule has 3 aromatic rings. The highest BCUT2D eigenvalue weighted by molar-refractivity contribution is 5.79. The van der Waals surface area contributed by atoms with Gasteiger partial charge in [0.05, 0.1) is 31.4 Å². The number of β-amino-alcohol motifs (C(OH)–C–C–N with tert-alkyl or cyclic N) is 1. The Labute approximate surface area is 181 Å². The van der Waals surface area contributed by atoms with Gasteiger partial charge in [-0.2, -0.15) is 5.26 Å². The second-order valence-corrected chi connectivity index (χ2v) is 7.69. The predicted molar refractivity (Wildman–Crippen MR) is 118 cm³/mol. The fourth-order valence-corrected chi connectivity index (χ4v) is 4.32. The number of aliphatic hydroxyl groups is 1. The van der Waals surface area contributed by atoms with Gasteiger partial charge >= 0.3 is 0 Å². The number of methoxy groups -OCH3 is 2. The van der Waals surface area contributed by atoms with E-state index in [1.807, 2.05) is 48.7 Å². The van der Waals surface area contributed by atoms with Gasteiger partial charge in [-0.1, -0.05) is 18.2 Å². The van der Waals surface area contributed by atoms with Crippen molar-refractivity contribution in [3.63, 3.8) is 0 Å². The largest absolute Gasteiger partial charge is 0.493 e. The molecule has 31 heavy (non-hydrogen) atoms. The third-order valence-corrected chi connectivity index (χ3v) is 5.91. The van der Waals surface area contributed by atoms with E-state index in [2.05, 4.69) is 19.8 Å². The average Bonchev–Trinajstić information content (AvgIpc) is 3.17. The first kappa shape index (κ1) is 21.0. The van der Waals surface area contributed by atoms with Crippen LogP contribution in [0, 0.1) is 11.5 Å². The molecule has 1 aliphatic heterocycles. The van der Waals surface area contributed by atoms with Gasteiger partial charge in [-0.25, -0.2) is 4.98 Å². The summed E-state index contributed by atoms with van der Waals surface area (Å²) < 4.78 is 12.8. The Balaban J connectivity index is 1.43. The molecule has 0 radical (unpaired) electrons. The van der Waals surface area contributed by atoms with Crippen LogP contribution in [0.1, 0.15) is 30.6 Å². The molecule has 1 unspecified atom stereocenters. The van der Waals surface area contributed by atoms with Crippen molar-refractivity contribution in [2.75, 3.05) is 39.2 Å². The summed E-state index contributed by atoms with van der Waals surface area (Å²) in [4.78, 5) is 6.84. The van der Waals surface area contributed by atoms with Crippen LogP contribution in [0.25, 0.3) is 11.0 Å². The number of hydrogen-bond donors (Lipinski definition) is 2. The number of rotatable bonds is 7. The predicted octanol–water partition coefficient (Wildman–Crippen LogP) is 3.32. The van der Waals surface area contributed by atoms with E-state index >= 15 is 0 Å². The minimum absolute atomic E-state index is 0.248. The van der Waals surface area contributed by atoms with Crippen molar-refractivity contribution in [1.82, 2.24) is 14.5 Å². The standard InChI is InChI=1S/C23H27N5O3/c1-30-21-8-7-16(13-22(21)31-2)20(29)14-27-11-9-17(10-12-27)28-19-6-4-3-5-18(19)26-23(28)25-15-24/h3-8,13,17,20,29H,9-12,14H2,1-2H3,(H,25,26). The summed E-state index contributed by atoms with van der Waals surface area (Å²) in [5.41, 5.74) is 2.72. The highest BCUT2D eigenvalue weighted by atomic mass is 16.5. The van der Waals surface area contributed by atoms with E-state index in [9.17, 15) is 5.11 Å². The van der Waals surface area contributed by atoms with Gasteiger partial charge < -0.3 is 24.0 Å². The summed E-state index contributed by atoms with van der Waals surface area (Å²) in [7, 11) is 3.19. The summed E-state index contributed by atoms with van der Waals surface area (Å²) >= 11 is 0. The van der Waals surface area contributed by atoms with Crippen molar-refractivity contribution >= 4 is 17.0 Å². The number of nitrogens with one attached hydrogen (secondary N) is 1. The molecule has 2 heterocycles. The van der Waals surface area contributed by atoms with E-state index in [0.29, 0.717) is 24.0 Å². The highest BCUT2D eigenvalue weighted by Crippen LogP contribution is 2.33. The molecule has 1 atom stereocenters. The fraction of sp³-hybridized carbons (Fsp3) is 0.391. The number of likely N-dealkylation sites (tertiary alicyclic amines) is 1. The molecule has 0 spiro atoms. The lowest BCUT2D eigenvalue weighted by atomic mass is 10.0. The van der Waals surface area contributed by atoms with Crippen LogP contribution in [0.15, 0.2) is 42.5 Å². The number of benzene rings is 2. The first-order chi connectivity index (χ1) is 15.1. The number of nitriles is 1. The number of aliphatic hydroxyl groups excluding tert-OH is 1. The quantitative estimate of drug-likeness (QED) is 0.446. The van der Waals surface area contributed by atoms with E-state index in [0.717, 1.165) is 42.5 Å². The highest BCUT2D eigenvalue weighted by Gasteiger charge is 2.26. The van der Waals surface area contributed by atoms with Crippen LogP contribution in [-0.2, 0) is 0 Å². The smallest absolute Gasteiger partial charge is 0.217 e. The molecule has 8 heteroatoms. The monoisotopic (exact) mass is 421 g/mol. The molecule has 8 nitrogen and oxygen atoms in total. The van der Waals surface area contributed by atoms with Gasteiger partial charge in [0.2, 0.25) is 5.95 Å². The number of anilines is 1. The van der Waals surface area contributed by atoms with Gasteiger partial charge in [-0.3, -0.25) is 5.32 Å². The molecular formula is C23H27N5O3. The Bertz CT molecular complexity index is 1080.